The minimum absolute atomic E-state index is 0.286. The number of aromatic nitrogens is 2. The molecule has 0 amide bonds. The van der Waals surface area contributed by atoms with E-state index in [2.05, 4.69) is 27.1 Å². The first-order valence-electron chi connectivity index (χ1n) is 6.76. The topological polar surface area (TPSA) is 41.1 Å². The van der Waals surface area contributed by atoms with Gasteiger partial charge in [-0.1, -0.05) is 19.4 Å². The van der Waals surface area contributed by atoms with E-state index in [1.807, 2.05) is 13.1 Å². The number of nitrogens with one attached hydrogen (secondary N) is 1. The van der Waals surface area contributed by atoms with Crippen LogP contribution >= 0.6 is 0 Å². The molecule has 106 valence electrons. The summed E-state index contributed by atoms with van der Waals surface area (Å²) in [5.74, 6) is 1.04. The van der Waals surface area contributed by atoms with Crippen molar-refractivity contribution in [1.29, 1.82) is 0 Å². The molecule has 1 aromatic heterocycles. The number of anilines is 3. The molecule has 1 heterocycles. The lowest BCUT2D eigenvalue weighted by Gasteiger charge is -2.18. The molecular formula is C15H19FN4. The number of nitrogens with zero attached hydrogens (tertiary/aromatic N) is 3. The van der Waals surface area contributed by atoms with E-state index in [9.17, 15) is 4.39 Å². The number of unbranched alkanes of at least 4 members (excludes halogenated alkanes) is 1. The summed E-state index contributed by atoms with van der Waals surface area (Å²) in [6.07, 6.45) is 3.96. The molecule has 1 N–H and O–H groups in total. The van der Waals surface area contributed by atoms with E-state index in [0.717, 1.165) is 25.2 Å². The Hall–Kier alpha value is -2.17. The second kappa shape index (κ2) is 6.84. The van der Waals surface area contributed by atoms with Gasteiger partial charge in [-0.15, -0.1) is 0 Å². The van der Waals surface area contributed by atoms with Crippen molar-refractivity contribution < 1.29 is 4.39 Å². The van der Waals surface area contributed by atoms with Crippen molar-refractivity contribution in [3.8, 4) is 0 Å². The molecule has 0 saturated heterocycles. The lowest BCUT2D eigenvalue weighted by Crippen LogP contribution is -2.19. The molecule has 0 aliphatic carbocycles. The van der Waals surface area contributed by atoms with Gasteiger partial charge in [-0.25, -0.2) is 9.37 Å². The lowest BCUT2D eigenvalue weighted by molar-refractivity contribution is 0.628. The molecule has 0 unspecified atom stereocenters. The molecule has 0 radical (unpaired) electrons. The molecule has 0 saturated carbocycles. The van der Waals surface area contributed by atoms with Gasteiger partial charge in [0, 0.05) is 25.5 Å². The average Bonchev–Trinajstić information content (AvgIpc) is 2.45. The van der Waals surface area contributed by atoms with Crippen LogP contribution in [0.2, 0.25) is 0 Å². The van der Waals surface area contributed by atoms with Gasteiger partial charge < -0.3 is 10.2 Å². The number of hydrogen-bond donors (Lipinski definition) is 1. The smallest absolute Gasteiger partial charge is 0.229 e. The average molecular weight is 274 g/mol. The zero-order chi connectivity index (χ0) is 14.4. The first-order chi connectivity index (χ1) is 9.69. The van der Waals surface area contributed by atoms with Gasteiger partial charge in [-0.3, -0.25) is 0 Å². The predicted molar refractivity (Wildman–Crippen MR) is 79.9 cm³/mol. The third kappa shape index (κ3) is 3.91. The van der Waals surface area contributed by atoms with Gasteiger partial charge >= 0.3 is 0 Å². The van der Waals surface area contributed by atoms with E-state index in [0.29, 0.717) is 11.6 Å². The second-order valence-electron chi connectivity index (χ2n) is 4.65. The van der Waals surface area contributed by atoms with E-state index in [1.54, 1.807) is 18.3 Å². The third-order valence-electron chi connectivity index (χ3n) is 2.96. The maximum atomic E-state index is 13.1. The molecule has 0 bridgehead atoms. The van der Waals surface area contributed by atoms with E-state index >= 15 is 0 Å². The van der Waals surface area contributed by atoms with Crippen LogP contribution in [0.5, 0.6) is 0 Å². The van der Waals surface area contributed by atoms with Gasteiger partial charge in [0.2, 0.25) is 5.95 Å². The number of halogens is 1. The normalized spacial score (nSPS) is 10.3. The minimum Gasteiger partial charge on any atom is -0.360 e. The Morgan fingerprint density at radius 3 is 2.90 bits per heavy atom. The summed E-state index contributed by atoms with van der Waals surface area (Å²) in [5.41, 5.74) is 0.637. The van der Waals surface area contributed by atoms with E-state index in [4.69, 9.17) is 0 Å². The minimum atomic E-state index is -0.286. The lowest BCUT2D eigenvalue weighted by atomic mass is 10.3. The molecule has 0 fully saturated rings. The molecule has 0 aliphatic rings. The summed E-state index contributed by atoms with van der Waals surface area (Å²) in [7, 11) is 2.00. The van der Waals surface area contributed by atoms with E-state index in [1.165, 1.54) is 12.1 Å². The molecule has 5 heteroatoms. The van der Waals surface area contributed by atoms with Crippen molar-refractivity contribution in [3.63, 3.8) is 0 Å². The highest BCUT2D eigenvalue weighted by molar-refractivity contribution is 5.54. The molecule has 0 atom stereocenters. The molecule has 4 nitrogen and oxygen atoms in total. The summed E-state index contributed by atoms with van der Waals surface area (Å²) in [6, 6.07) is 8.11. The summed E-state index contributed by atoms with van der Waals surface area (Å²) in [4.78, 5) is 10.7. The molecule has 20 heavy (non-hydrogen) atoms. The van der Waals surface area contributed by atoms with Crippen LogP contribution in [0, 0.1) is 5.82 Å². The van der Waals surface area contributed by atoms with Gasteiger partial charge in [-0.2, -0.15) is 4.98 Å². The fourth-order valence-electron chi connectivity index (χ4n) is 1.83. The zero-order valence-electron chi connectivity index (χ0n) is 11.8. The fourth-order valence-corrected chi connectivity index (χ4v) is 1.83. The van der Waals surface area contributed by atoms with Gasteiger partial charge in [0.1, 0.15) is 11.6 Å². The summed E-state index contributed by atoms with van der Waals surface area (Å²) in [6.45, 7) is 3.11. The number of hydrogen-bond acceptors (Lipinski definition) is 4. The van der Waals surface area contributed by atoms with Crippen LogP contribution in [-0.4, -0.2) is 23.6 Å². The van der Waals surface area contributed by atoms with Crippen molar-refractivity contribution in [2.45, 2.75) is 19.8 Å². The molecule has 2 rings (SSSR count). The maximum Gasteiger partial charge on any atom is 0.229 e. The first-order valence-corrected chi connectivity index (χ1v) is 6.76. The Labute approximate surface area is 118 Å². The number of benzene rings is 1. The SMILES string of the molecule is CCCCN(C)c1ccnc(Nc2cccc(F)c2)n1. The van der Waals surface area contributed by atoms with E-state index < -0.39 is 0 Å². The standard InChI is InChI=1S/C15H19FN4/c1-3-4-10-20(2)14-8-9-17-15(19-14)18-13-7-5-6-12(16)11-13/h5-9,11H,3-4,10H2,1-2H3,(H,17,18,19). The van der Waals surface area contributed by atoms with Crippen LogP contribution in [-0.2, 0) is 0 Å². The Kier molecular flexibility index (Phi) is 4.87. The Morgan fingerprint density at radius 2 is 2.15 bits per heavy atom. The van der Waals surface area contributed by atoms with Crippen LogP contribution in [0.3, 0.4) is 0 Å². The van der Waals surface area contributed by atoms with Crippen molar-refractivity contribution in [2.24, 2.45) is 0 Å². The van der Waals surface area contributed by atoms with Crippen LogP contribution in [0.4, 0.5) is 21.8 Å². The Morgan fingerprint density at radius 1 is 1.30 bits per heavy atom. The van der Waals surface area contributed by atoms with Crippen LogP contribution in [0.15, 0.2) is 36.5 Å². The van der Waals surface area contributed by atoms with Gasteiger partial charge in [0.25, 0.3) is 0 Å². The second-order valence-corrected chi connectivity index (χ2v) is 4.65. The molecule has 2 aromatic rings. The van der Waals surface area contributed by atoms with Crippen LogP contribution < -0.4 is 10.2 Å². The van der Waals surface area contributed by atoms with Crippen molar-refractivity contribution in [1.82, 2.24) is 9.97 Å². The summed E-state index contributed by atoms with van der Waals surface area (Å²) in [5, 5.41) is 3.01. The summed E-state index contributed by atoms with van der Waals surface area (Å²) < 4.78 is 13.1. The Balaban J connectivity index is 2.09. The molecule has 0 aliphatic heterocycles. The highest BCUT2D eigenvalue weighted by Crippen LogP contribution is 2.16. The zero-order valence-corrected chi connectivity index (χ0v) is 11.8. The Bertz CT molecular complexity index is 559. The summed E-state index contributed by atoms with van der Waals surface area (Å²) >= 11 is 0. The van der Waals surface area contributed by atoms with Crippen molar-refractivity contribution in [2.75, 3.05) is 23.8 Å². The third-order valence-corrected chi connectivity index (χ3v) is 2.96. The van der Waals surface area contributed by atoms with Crippen molar-refractivity contribution in [3.05, 3.63) is 42.3 Å². The predicted octanol–water partition coefficient (Wildman–Crippen LogP) is 3.60. The van der Waals surface area contributed by atoms with Gasteiger partial charge in [0.15, 0.2) is 0 Å². The molecule has 1 aromatic carbocycles. The van der Waals surface area contributed by atoms with Crippen molar-refractivity contribution >= 4 is 17.5 Å². The maximum absolute atomic E-state index is 13.1. The highest BCUT2D eigenvalue weighted by atomic mass is 19.1. The first kappa shape index (κ1) is 14.2. The molecular weight excluding hydrogens is 255 g/mol. The highest BCUT2D eigenvalue weighted by Gasteiger charge is 2.04. The fraction of sp³-hybridized carbons (Fsp3) is 0.333. The monoisotopic (exact) mass is 274 g/mol. The van der Waals surface area contributed by atoms with Gasteiger partial charge in [-0.05, 0) is 30.7 Å². The van der Waals surface area contributed by atoms with Gasteiger partial charge in [0.05, 0.1) is 0 Å². The van der Waals surface area contributed by atoms with Crippen LogP contribution in [0.1, 0.15) is 19.8 Å². The van der Waals surface area contributed by atoms with E-state index in [-0.39, 0.29) is 5.82 Å². The molecule has 0 spiro atoms. The van der Waals surface area contributed by atoms with Crippen LogP contribution in [0.25, 0.3) is 0 Å². The number of rotatable bonds is 6. The largest absolute Gasteiger partial charge is 0.360 e. The quantitative estimate of drug-likeness (QED) is 0.874.